The fraction of sp³-hybridized carbons (Fsp3) is 0.179. The number of anilines is 1. The van der Waals surface area contributed by atoms with Crippen LogP contribution >= 0.6 is 0 Å². The molecule has 0 fully saturated rings. The maximum Gasteiger partial charge on any atom is 0.273 e. The Bertz CT molecular complexity index is 1510. The van der Waals surface area contributed by atoms with Crippen molar-refractivity contribution < 1.29 is 4.79 Å². The van der Waals surface area contributed by atoms with E-state index in [0.717, 1.165) is 65.0 Å². The molecule has 1 aliphatic carbocycles. The summed E-state index contributed by atoms with van der Waals surface area (Å²) in [5.74, 6) is 0.921. The van der Waals surface area contributed by atoms with Gasteiger partial charge in [-0.3, -0.25) is 9.89 Å². The van der Waals surface area contributed by atoms with E-state index in [0.29, 0.717) is 5.69 Å². The van der Waals surface area contributed by atoms with Crippen LogP contribution in [0.4, 0.5) is 5.69 Å². The van der Waals surface area contributed by atoms with Crippen LogP contribution in [0.1, 0.15) is 33.0 Å². The molecular weight excluding hydrogens is 422 g/mol. The van der Waals surface area contributed by atoms with E-state index < -0.39 is 0 Å². The van der Waals surface area contributed by atoms with Crippen molar-refractivity contribution in [3.05, 3.63) is 101 Å². The number of aromatic amines is 1. The van der Waals surface area contributed by atoms with Crippen molar-refractivity contribution in [1.29, 1.82) is 0 Å². The summed E-state index contributed by atoms with van der Waals surface area (Å²) in [4.78, 5) is 17.7. The summed E-state index contributed by atoms with van der Waals surface area (Å²) < 4.78 is 2.16. The highest BCUT2D eigenvalue weighted by Gasteiger charge is 2.25. The van der Waals surface area contributed by atoms with Gasteiger partial charge in [0.1, 0.15) is 11.5 Å². The number of hydrogen-bond acceptors (Lipinski definition) is 3. The summed E-state index contributed by atoms with van der Waals surface area (Å²) in [5, 5.41) is 10.4. The van der Waals surface area contributed by atoms with Gasteiger partial charge in [0, 0.05) is 30.3 Å². The first-order valence-corrected chi connectivity index (χ1v) is 11.6. The number of para-hydroxylation sites is 2. The number of benzene rings is 3. The van der Waals surface area contributed by atoms with Gasteiger partial charge in [-0.05, 0) is 54.7 Å². The molecule has 0 aliphatic heterocycles. The van der Waals surface area contributed by atoms with E-state index in [4.69, 9.17) is 4.98 Å². The van der Waals surface area contributed by atoms with Crippen LogP contribution in [-0.4, -0.2) is 25.7 Å². The van der Waals surface area contributed by atoms with E-state index >= 15 is 0 Å². The molecule has 1 amide bonds. The van der Waals surface area contributed by atoms with Crippen LogP contribution in [0.5, 0.6) is 0 Å². The zero-order chi connectivity index (χ0) is 23.1. The molecule has 0 atom stereocenters. The molecule has 0 saturated carbocycles. The maximum atomic E-state index is 13.0. The van der Waals surface area contributed by atoms with Gasteiger partial charge in [-0.25, -0.2) is 4.98 Å². The van der Waals surface area contributed by atoms with Crippen molar-refractivity contribution in [2.45, 2.75) is 25.7 Å². The lowest BCUT2D eigenvalue weighted by Crippen LogP contribution is -2.15. The molecule has 2 heterocycles. The van der Waals surface area contributed by atoms with Crippen LogP contribution in [0.25, 0.3) is 22.3 Å². The number of rotatable bonds is 5. The van der Waals surface area contributed by atoms with E-state index in [1.165, 1.54) is 11.1 Å². The molecule has 168 valence electrons. The Morgan fingerprint density at radius 3 is 2.62 bits per heavy atom. The molecule has 0 unspecified atom stereocenters. The van der Waals surface area contributed by atoms with Crippen LogP contribution in [-0.2, 0) is 32.7 Å². The van der Waals surface area contributed by atoms with E-state index in [1.54, 1.807) is 0 Å². The molecule has 0 radical (unpaired) electrons. The van der Waals surface area contributed by atoms with Crippen molar-refractivity contribution in [2.75, 3.05) is 5.32 Å². The van der Waals surface area contributed by atoms with E-state index in [9.17, 15) is 4.79 Å². The van der Waals surface area contributed by atoms with Crippen molar-refractivity contribution >= 4 is 22.6 Å². The first-order chi connectivity index (χ1) is 16.7. The Kier molecular flexibility index (Phi) is 4.99. The molecule has 5 aromatic rings. The molecule has 0 saturated heterocycles. The lowest BCUT2D eigenvalue weighted by Gasteiger charge is -2.15. The number of amides is 1. The maximum absolute atomic E-state index is 13.0. The predicted molar refractivity (Wildman–Crippen MR) is 134 cm³/mol. The van der Waals surface area contributed by atoms with Crippen molar-refractivity contribution in [2.24, 2.45) is 7.05 Å². The van der Waals surface area contributed by atoms with Gasteiger partial charge < -0.3 is 9.88 Å². The highest BCUT2D eigenvalue weighted by Crippen LogP contribution is 2.33. The first kappa shape index (κ1) is 20.4. The van der Waals surface area contributed by atoms with Crippen molar-refractivity contribution in [1.82, 2.24) is 19.7 Å². The quantitative estimate of drug-likeness (QED) is 0.394. The van der Waals surface area contributed by atoms with Crippen LogP contribution in [0.15, 0.2) is 72.8 Å². The number of nitrogens with zero attached hydrogens (tertiary/aromatic N) is 3. The molecule has 2 aromatic heterocycles. The van der Waals surface area contributed by atoms with Gasteiger partial charge in [-0.15, -0.1) is 0 Å². The fourth-order valence-electron chi connectivity index (χ4n) is 4.87. The largest absolute Gasteiger partial charge is 0.331 e. The van der Waals surface area contributed by atoms with E-state index in [-0.39, 0.29) is 5.91 Å². The van der Waals surface area contributed by atoms with Crippen LogP contribution in [0, 0.1) is 0 Å². The molecule has 1 aliphatic rings. The summed E-state index contributed by atoms with van der Waals surface area (Å²) in [5.41, 5.74) is 9.00. The van der Waals surface area contributed by atoms with E-state index in [1.807, 2.05) is 42.5 Å². The third kappa shape index (κ3) is 3.57. The van der Waals surface area contributed by atoms with Crippen LogP contribution < -0.4 is 5.32 Å². The lowest BCUT2D eigenvalue weighted by atomic mass is 9.89. The average Bonchev–Trinajstić information content (AvgIpc) is 3.45. The number of nitrogens with one attached hydrogen (secondary N) is 2. The zero-order valence-corrected chi connectivity index (χ0v) is 19.0. The fourth-order valence-corrected chi connectivity index (χ4v) is 4.87. The summed E-state index contributed by atoms with van der Waals surface area (Å²) in [6, 6.07) is 24.5. The number of fused-ring (bicyclic) bond motifs is 4. The minimum atomic E-state index is -0.152. The van der Waals surface area contributed by atoms with Crippen molar-refractivity contribution in [3.8, 4) is 11.3 Å². The minimum absolute atomic E-state index is 0.152. The Hall–Kier alpha value is -4.19. The third-order valence-electron chi connectivity index (χ3n) is 6.74. The molecule has 3 aromatic carbocycles. The molecule has 6 nitrogen and oxygen atoms in total. The first-order valence-electron chi connectivity index (χ1n) is 11.6. The lowest BCUT2D eigenvalue weighted by molar-refractivity contribution is 0.102. The molecule has 6 rings (SSSR count). The van der Waals surface area contributed by atoms with Gasteiger partial charge in [-0.2, -0.15) is 5.10 Å². The van der Waals surface area contributed by atoms with Crippen molar-refractivity contribution in [3.63, 3.8) is 0 Å². The number of hydrogen-bond donors (Lipinski definition) is 2. The summed E-state index contributed by atoms with van der Waals surface area (Å²) >= 11 is 0. The molecular formula is C28H25N5O. The topological polar surface area (TPSA) is 75.6 Å². The Morgan fingerprint density at radius 2 is 1.76 bits per heavy atom. The second-order valence-electron chi connectivity index (χ2n) is 8.81. The molecule has 6 heteroatoms. The molecule has 0 spiro atoms. The SMILES string of the molecule is Cn1c(CCc2ccc(NC(=O)c3[nH]nc4c3CCc3ccccc3-4)cc2)nc2ccccc21. The Morgan fingerprint density at radius 1 is 0.971 bits per heavy atom. The predicted octanol–water partition coefficient (Wildman–Crippen LogP) is 5.10. The van der Waals surface area contributed by atoms with Crippen LogP contribution in [0.2, 0.25) is 0 Å². The number of aryl methyl sites for hydroxylation is 4. The molecule has 2 N–H and O–H groups in total. The zero-order valence-electron chi connectivity index (χ0n) is 19.0. The molecule has 34 heavy (non-hydrogen) atoms. The van der Waals surface area contributed by atoms with Gasteiger partial charge in [0.2, 0.25) is 0 Å². The van der Waals surface area contributed by atoms with Gasteiger partial charge in [0.25, 0.3) is 5.91 Å². The number of H-pyrrole nitrogens is 1. The summed E-state index contributed by atoms with van der Waals surface area (Å²) in [7, 11) is 2.07. The monoisotopic (exact) mass is 447 g/mol. The van der Waals surface area contributed by atoms with Gasteiger partial charge >= 0.3 is 0 Å². The Labute approximate surface area is 197 Å². The minimum Gasteiger partial charge on any atom is -0.331 e. The van der Waals surface area contributed by atoms with Gasteiger partial charge in [-0.1, -0.05) is 48.5 Å². The van der Waals surface area contributed by atoms with Gasteiger partial charge in [0.05, 0.1) is 16.7 Å². The Balaban J connectivity index is 1.13. The second-order valence-corrected chi connectivity index (χ2v) is 8.81. The summed E-state index contributed by atoms with van der Waals surface area (Å²) in [6.07, 6.45) is 3.48. The number of aromatic nitrogens is 4. The van der Waals surface area contributed by atoms with E-state index in [2.05, 4.69) is 57.5 Å². The third-order valence-corrected chi connectivity index (χ3v) is 6.74. The molecule has 0 bridgehead atoms. The standard InChI is InChI=1S/C28H25N5O/c1-33-24-9-5-4-8-23(24)30-25(33)17-12-18-10-14-20(15-11-18)29-28(34)27-22-16-13-19-6-2-3-7-21(19)26(22)31-32-27/h2-11,14-15H,12-13,16-17H2,1H3,(H,29,34)(H,31,32). The second kappa shape index (κ2) is 8.30. The highest BCUT2D eigenvalue weighted by molar-refractivity contribution is 6.05. The number of imidazole rings is 1. The smallest absolute Gasteiger partial charge is 0.273 e. The van der Waals surface area contributed by atoms with Crippen LogP contribution in [0.3, 0.4) is 0 Å². The van der Waals surface area contributed by atoms with Gasteiger partial charge in [0.15, 0.2) is 0 Å². The number of carbonyl (C=O) groups is 1. The average molecular weight is 448 g/mol. The number of carbonyl (C=O) groups excluding carboxylic acids is 1. The summed E-state index contributed by atoms with van der Waals surface area (Å²) in [6.45, 7) is 0. The highest BCUT2D eigenvalue weighted by atomic mass is 16.1. The normalized spacial score (nSPS) is 12.4.